The molecule has 0 spiro atoms. The molecule has 0 atom stereocenters. The molecule has 0 unspecified atom stereocenters. The normalized spacial score (nSPS) is 16.6. The monoisotopic (exact) mass is 272 g/mol. The van der Waals surface area contributed by atoms with Gasteiger partial charge in [0.25, 0.3) is 0 Å². The molecule has 3 heterocycles. The van der Waals surface area contributed by atoms with Crippen molar-refractivity contribution < 1.29 is 0 Å². The zero-order valence-electron chi connectivity index (χ0n) is 11.3. The number of nitrogens with one attached hydrogen (secondary N) is 1. The molecule has 0 bridgehead atoms. The number of hydrogen-bond donors (Lipinski definition) is 1. The largest absolute Gasteiger partial charge is 0.336 e. The van der Waals surface area contributed by atoms with E-state index in [-0.39, 0.29) is 5.56 Å². The third-order valence-electron chi connectivity index (χ3n) is 4.15. The fourth-order valence-corrected chi connectivity index (χ4v) is 3.05. The lowest BCUT2D eigenvalue weighted by Crippen LogP contribution is -2.12. The SMILES string of the molecule is CCn1cnn2c3nc(C4CCCC4)[nH]c3c(=O)nc12. The second-order valence-electron chi connectivity index (χ2n) is 5.35. The summed E-state index contributed by atoms with van der Waals surface area (Å²) in [6, 6.07) is 0. The van der Waals surface area contributed by atoms with Crippen LogP contribution in [0.15, 0.2) is 11.1 Å². The fraction of sp³-hybridized carbons (Fsp3) is 0.538. The first-order valence-electron chi connectivity index (χ1n) is 7.11. The Labute approximate surface area is 114 Å². The molecule has 1 aliphatic rings. The molecule has 7 nitrogen and oxygen atoms in total. The van der Waals surface area contributed by atoms with Crippen molar-refractivity contribution >= 4 is 16.9 Å². The highest BCUT2D eigenvalue weighted by atomic mass is 16.1. The average Bonchev–Trinajstić information content (AvgIpc) is 3.16. The summed E-state index contributed by atoms with van der Waals surface area (Å²) in [7, 11) is 0. The van der Waals surface area contributed by atoms with Gasteiger partial charge in [-0.05, 0) is 19.8 Å². The molecule has 1 fully saturated rings. The highest BCUT2D eigenvalue weighted by molar-refractivity contribution is 5.72. The first kappa shape index (κ1) is 11.6. The quantitative estimate of drug-likeness (QED) is 0.765. The third-order valence-corrected chi connectivity index (χ3v) is 4.15. The lowest BCUT2D eigenvalue weighted by molar-refractivity contribution is 0.680. The minimum absolute atomic E-state index is 0.257. The number of aryl methyl sites for hydroxylation is 1. The average molecular weight is 272 g/mol. The standard InChI is InChI=1S/C13H16N6O/c1-2-18-7-14-19-11-9(12(20)17-13(18)19)15-10(16-11)8-5-3-4-6-8/h7-8H,2-6H2,1H3,(H,15,16). The van der Waals surface area contributed by atoms with Gasteiger partial charge in [-0.3, -0.25) is 9.36 Å². The van der Waals surface area contributed by atoms with Crippen molar-refractivity contribution in [1.82, 2.24) is 29.1 Å². The highest BCUT2D eigenvalue weighted by Gasteiger charge is 2.22. The van der Waals surface area contributed by atoms with Crippen molar-refractivity contribution in [2.45, 2.75) is 45.1 Å². The molecule has 1 aliphatic carbocycles. The van der Waals surface area contributed by atoms with E-state index >= 15 is 0 Å². The topological polar surface area (TPSA) is 80.9 Å². The van der Waals surface area contributed by atoms with Crippen LogP contribution in [0.25, 0.3) is 16.9 Å². The van der Waals surface area contributed by atoms with Gasteiger partial charge in [0, 0.05) is 12.5 Å². The predicted octanol–water partition coefficient (Wildman–Crippen LogP) is 1.44. The van der Waals surface area contributed by atoms with Gasteiger partial charge in [-0.2, -0.15) is 14.6 Å². The van der Waals surface area contributed by atoms with Gasteiger partial charge in [0.05, 0.1) is 0 Å². The number of fused-ring (bicyclic) bond motifs is 3. The molecule has 1 N–H and O–H groups in total. The van der Waals surface area contributed by atoms with Gasteiger partial charge in [-0.25, -0.2) is 4.98 Å². The smallest absolute Gasteiger partial charge is 0.300 e. The number of rotatable bonds is 2. The van der Waals surface area contributed by atoms with Crippen LogP contribution in [0.3, 0.4) is 0 Å². The van der Waals surface area contributed by atoms with Crippen molar-refractivity contribution in [3.63, 3.8) is 0 Å². The number of hydrogen-bond acceptors (Lipinski definition) is 4. The Morgan fingerprint density at radius 2 is 2.15 bits per heavy atom. The van der Waals surface area contributed by atoms with Crippen molar-refractivity contribution in [3.05, 3.63) is 22.5 Å². The van der Waals surface area contributed by atoms with Gasteiger partial charge in [-0.15, -0.1) is 0 Å². The Morgan fingerprint density at radius 3 is 2.90 bits per heavy atom. The molecule has 0 aliphatic heterocycles. The summed E-state index contributed by atoms with van der Waals surface area (Å²) in [5.74, 6) is 1.89. The van der Waals surface area contributed by atoms with E-state index < -0.39 is 0 Å². The Kier molecular flexibility index (Phi) is 2.42. The van der Waals surface area contributed by atoms with E-state index in [0.29, 0.717) is 22.9 Å². The molecular formula is C13H16N6O. The number of H-pyrrole nitrogens is 1. The predicted molar refractivity (Wildman–Crippen MR) is 73.8 cm³/mol. The molecule has 4 rings (SSSR count). The highest BCUT2D eigenvalue weighted by Crippen LogP contribution is 2.32. The summed E-state index contributed by atoms with van der Waals surface area (Å²) >= 11 is 0. The van der Waals surface area contributed by atoms with E-state index in [1.54, 1.807) is 10.8 Å². The summed E-state index contributed by atoms with van der Waals surface area (Å²) in [6.07, 6.45) is 6.43. The first-order chi connectivity index (χ1) is 9.78. The van der Waals surface area contributed by atoms with Gasteiger partial charge in [-0.1, -0.05) is 12.8 Å². The second-order valence-corrected chi connectivity index (χ2v) is 5.35. The molecule has 0 radical (unpaired) electrons. The maximum atomic E-state index is 12.2. The lowest BCUT2D eigenvalue weighted by atomic mass is 10.1. The maximum absolute atomic E-state index is 12.2. The van der Waals surface area contributed by atoms with Crippen LogP contribution in [0, 0.1) is 0 Å². The molecule has 3 aromatic heterocycles. The van der Waals surface area contributed by atoms with E-state index in [4.69, 9.17) is 0 Å². The van der Waals surface area contributed by atoms with Crippen molar-refractivity contribution in [1.29, 1.82) is 0 Å². The second kappa shape index (κ2) is 4.16. The van der Waals surface area contributed by atoms with Gasteiger partial charge in [0.2, 0.25) is 5.78 Å². The summed E-state index contributed by atoms with van der Waals surface area (Å²) in [5.41, 5.74) is 0.798. The van der Waals surface area contributed by atoms with Crippen LogP contribution in [-0.4, -0.2) is 29.1 Å². The molecule has 3 aromatic rings. The molecule has 7 heteroatoms. The summed E-state index contributed by atoms with van der Waals surface area (Å²) < 4.78 is 3.49. The van der Waals surface area contributed by atoms with Crippen molar-refractivity contribution in [2.24, 2.45) is 0 Å². The number of aromatic nitrogens is 6. The Balaban J connectivity index is 2.00. The van der Waals surface area contributed by atoms with E-state index in [1.807, 2.05) is 11.5 Å². The molecule has 1 saturated carbocycles. The van der Waals surface area contributed by atoms with Crippen LogP contribution in [-0.2, 0) is 6.54 Å². The van der Waals surface area contributed by atoms with Crippen LogP contribution in [0.4, 0.5) is 0 Å². The van der Waals surface area contributed by atoms with Crippen molar-refractivity contribution in [2.75, 3.05) is 0 Å². The summed E-state index contributed by atoms with van der Waals surface area (Å²) in [4.78, 5) is 24.1. The summed E-state index contributed by atoms with van der Waals surface area (Å²) in [5, 5.41) is 4.29. The summed E-state index contributed by atoms with van der Waals surface area (Å²) in [6.45, 7) is 2.72. The number of nitrogens with zero attached hydrogens (tertiary/aromatic N) is 5. The van der Waals surface area contributed by atoms with Gasteiger partial charge < -0.3 is 4.98 Å². The fourth-order valence-electron chi connectivity index (χ4n) is 3.05. The zero-order chi connectivity index (χ0) is 13.7. The minimum atomic E-state index is -0.257. The Hall–Kier alpha value is -2.18. The zero-order valence-corrected chi connectivity index (χ0v) is 11.3. The van der Waals surface area contributed by atoms with Crippen LogP contribution in [0.2, 0.25) is 0 Å². The van der Waals surface area contributed by atoms with E-state index in [2.05, 4.69) is 20.1 Å². The van der Waals surface area contributed by atoms with E-state index in [0.717, 1.165) is 25.2 Å². The van der Waals surface area contributed by atoms with Crippen LogP contribution >= 0.6 is 0 Å². The molecular weight excluding hydrogens is 256 g/mol. The number of aromatic amines is 1. The number of imidazole rings is 1. The maximum Gasteiger partial charge on any atom is 0.300 e. The Bertz CT molecular complexity index is 836. The van der Waals surface area contributed by atoms with Crippen LogP contribution in [0.1, 0.15) is 44.3 Å². The third kappa shape index (κ3) is 1.52. The van der Waals surface area contributed by atoms with Crippen molar-refractivity contribution in [3.8, 4) is 0 Å². The van der Waals surface area contributed by atoms with E-state index in [9.17, 15) is 4.79 Å². The molecule has 104 valence electrons. The van der Waals surface area contributed by atoms with Gasteiger partial charge >= 0.3 is 5.56 Å². The molecule has 0 aromatic carbocycles. The van der Waals surface area contributed by atoms with Gasteiger partial charge in [0.1, 0.15) is 12.2 Å². The lowest BCUT2D eigenvalue weighted by Gasteiger charge is -2.02. The molecule has 0 amide bonds. The minimum Gasteiger partial charge on any atom is -0.336 e. The molecule has 20 heavy (non-hydrogen) atoms. The Morgan fingerprint density at radius 1 is 1.35 bits per heavy atom. The van der Waals surface area contributed by atoms with E-state index in [1.165, 1.54) is 12.8 Å². The molecule has 0 saturated heterocycles. The van der Waals surface area contributed by atoms with Crippen LogP contribution in [0.5, 0.6) is 0 Å². The van der Waals surface area contributed by atoms with Gasteiger partial charge in [0.15, 0.2) is 11.2 Å². The first-order valence-corrected chi connectivity index (χ1v) is 7.11. The van der Waals surface area contributed by atoms with Crippen LogP contribution < -0.4 is 5.56 Å².